The highest BCUT2D eigenvalue weighted by Gasteiger charge is 2.24. The van der Waals surface area contributed by atoms with E-state index in [4.69, 9.17) is 4.42 Å². The molecule has 2 heterocycles. The van der Waals surface area contributed by atoms with Gasteiger partial charge in [0.05, 0.1) is 7.11 Å². The van der Waals surface area contributed by atoms with Crippen LogP contribution in [0.25, 0.3) is 0 Å². The molecule has 0 bridgehead atoms. The number of methoxy groups -OCH3 is 1. The molecule has 0 aliphatic carbocycles. The summed E-state index contributed by atoms with van der Waals surface area (Å²) < 4.78 is 10.2. The van der Waals surface area contributed by atoms with Crippen molar-refractivity contribution in [2.75, 3.05) is 20.2 Å². The largest absolute Gasteiger partial charge is 0.463 e. The average molecular weight is 237 g/mol. The summed E-state index contributed by atoms with van der Waals surface area (Å²) in [5, 5.41) is 3.35. The number of hydrogen-bond acceptors (Lipinski definition) is 4. The van der Waals surface area contributed by atoms with Crippen LogP contribution < -0.4 is 5.32 Å². The fraction of sp³-hybridized carbons (Fsp3) is 0.615. The molecule has 1 unspecified atom stereocenters. The van der Waals surface area contributed by atoms with Crippen molar-refractivity contribution in [3.63, 3.8) is 0 Å². The maximum Gasteiger partial charge on any atom is 0.373 e. The molecular weight excluding hydrogens is 218 g/mol. The summed E-state index contributed by atoms with van der Waals surface area (Å²) >= 11 is 0. The maximum atomic E-state index is 11.3. The van der Waals surface area contributed by atoms with E-state index in [1.54, 1.807) is 6.07 Å². The van der Waals surface area contributed by atoms with E-state index in [1.165, 1.54) is 7.11 Å². The molecule has 0 saturated carbocycles. The van der Waals surface area contributed by atoms with Crippen LogP contribution in [0.5, 0.6) is 0 Å². The van der Waals surface area contributed by atoms with Crippen molar-refractivity contribution in [3.05, 3.63) is 23.7 Å². The van der Waals surface area contributed by atoms with E-state index in [0.717, 1.165) is 31.7 Å². The minimum Gasteiger partial charge on any atom is -0.463 e. The summed E-state index contributed by atoms with van der Waals surface area (Å²) in [6.45, 7) is 4.30. The number of hydrogen-bond donors (Lipinski definition) is 1. The highest BCUT2D eigenvalue weighted by Crippen LogP contribution is 2.31. The van der Waals surface area contributed by atoms with Gasteiger partial charge in [-0.1, -0.05) is 6.92 Å². The van der Waals surface area contributed by atoms with Crippen LogP contribution in [0.15, 0.2) is 16.5 Å². The molecule has 4 heteroatoms. The molecule has 0 spiro atoms. The number of ether oxygens (including phenoxy) is 1. The van der Waals surface area contributed by atoms with Crippen LogP contribution in [0, 0.1) is 5.92 Å². The fourth-order valence-electron chi connectivity index (χ4n) is 2.38. The second-order valence-electron chi connectivity index (χ2n) is 4.57. The van der Waals surface area contributed by atoms with E-state index in [2.05, 4.69) is 17.0 Å². The molecule has 1 aromatic rings. The lowest BCUT2D eigenvalue weighted by Gasteiger charge is -2.26. The zero-order valence-corrected chi connectivity index (χ0v) is 10.4. The van der Waals surface area contributed by atoms with E-state index >= 15 is 0 Å². The highest BCUT2D eigenvalue weighted by atomic mass is 16.5. The third kappa shape index (κ3) is 2.69. The van der Waals surface area contributed by atoms with Crippen LogP contribution in [-0.4, -0.2) is 26.2 Å². The normalized spacial score (nSPS) is 18.9. The van der Waals surface area contributed by atoms with Gasteiger partial charge in [0.25, 0.3) is 0 Å². The number of rotatable bonds is 3. The molecule has 0 radical (unpaired) electrons. The molecule has 1 aliphatic rings. The Balaban J connectivity index is 2.05. The van der Waals surface area contributed by atoms with Gasteiger partial charge in [-0.15, -0.1) is 0 Å². The van der Waals surface area contributed by atoms with E-state index < -0.39 is 5.97 Å². The second kappa shape index (κ2) is 5.36. The van der Waals surface area contributed by atoms with Gasteiger partial charge in [0, 0.05) is 5.92 Å². The molecule has 1 saturated heterocycles. The van der Waals surface area contributed by atoms with Crippen LogP contribution in [0.3, 0.4) is 0 Å². The number of esters is 1. The van der Waals surface area contributed by atoms with Crippen LogP contribution >= 0.6 is 0 Å². The predicted octanol–water partition coefficient (Wildman–Crippen LogP) is 2.17. The molecule has 4 nitrogen and oxygen atoms in total. The number of carbonyl (C=O) groups excluding carboxylic acids is 1. The Labute approximate surface area is 101 Å². The Morgan fingerprint density at radius 2 is 2.18 bits per heavy atom. The molecule has 1 aromatic heterocycles. The van der Waals surface area contributed by atoms with Gasteiger partial charge in [0.2, 0.25) is 5.76 Å². The Kier molecular flexibility index (Phi) is 3.84. The van der Waals surface area contributed by atoms with Crippen molar-refractivity contribution in [1.29, 1.82) is 0 Å². The van der Waals surface area contributed by atoms with Gasteiger partial charge < -0.3 is 14.5 Å². The summed E-state index contributed by atoms with van der Waals surface area (Å²) in [4.78, 5) is 11.3. The molecule has 17 heavy (non-hydrogen) atoms. The third-order valence-electron chi connectivity index (χ3n) is 3.55. The van der Waals surface area contributed by atoms with Crippen LogP contribution in [0.2, 0.25) is 0 Å². The SMILES string of the molecule is COC(=O)c1ccc(C(C)C2CCNCC2)o1. The highest BCUT2D eigenvalue weighted by molar-refractivity contribution is 5.86. The quantitative estimate of drug-likeness (QED) is 0.818. The first kappa shape index (κ1) is 12.2. The average Bonchev–Trinajstić information content (AvgIpc) is 2.87. The van der Waals surface area contributed by atoms with Crippen molar-refractivity contribution >= 4 is 5.97 Å². The number of nitrogens with one attached hydrogen (secondary N) is 1. The molecule has 0 amide bonds. The van der Waals surface area contributed by atoms with E-state index in [1.807, 2.05) is 6.07 Å². The Hall–Kier alpha value is -1.29. The fourth-order valence-corrected chi connectivity index (χ4v) is 2.38. The number of furan rings is 1. The minimum atomic E-state index is -0.409. The van der Waals surface area contributed by atoms with E-state index in [9.17, 15) is 4.79 Å². The van der Waals surface area contributed by atoms with Gasteiger partial charge in [-0.25, -0.2) is 4.79 Å². The maximum absolute atomic E-state index is 11.3. The molecule has 94 valence electrons. The first-order chi connectivity index (χ1) is 8.22. The van der Waals surface area contributed by atoms with Gasteiger partial charge >= 0.3 is 5.97 Å². The van der Waals surface area contributed by atoms with E-state index in [-0.39, 0.29) is 0 Å². The standard InChI is InChI=1S/C13H19NO3/c1-9(10-5-7-14-8-6-10)11-3-4-12(17-11)13(15)16-2/h3-4,9-10,14H,5-8H2,1-2H3. The lowest BCUT2D eigenvalue weighted by Crippen LogP contribution is -2.30. The predicted molar refractivity (Wildman–Crippen MR) is 64.1 cm³/mol. The lowest BCUT2D eigenvalue weighted by atomic mass is 9.85. The van der Waals surface area contributed by atoms with Gasteiger partial charge in [0.15, 0.2) is 0 Å². The van der Waals surface area contributed by atoms with Crippen molar-refractivity contribution in [3.8, 4) is 0 Å². The topological polar surface area (TPSA) is 51.5 Å². The van der Waals surface area contributed by atoms with Crippen LogP contribution in [0.1, 0.15) is 42.0 Å². The second-order valence-corrected chi connectivity index (χ2v) is 4.57. The summed E-state index contributed by atoms with van der Waals surface area (Å²) in [6.07, 6.45) is 2.32. The molecule has 1 fully saturated rings. The first-order valence-corrected chi connectivity index (χ1v) is 6.11. The zero-order valence-electron chi connectivity index (χ0n) is 10.4. The van der Waals surface area contributed by atoms with Crippen molar-refractivity contribution in [2.24, 2.45) is 5.92 Å². The minimum absolute atomic E-state index is 0.295. The molecule has 2 rings (SSSR count). The first-order valence-electron chi connectivity index (χ1n) is 6.11. The zero-order chi connectivity index (χ0) is 12.3. The van der Waals surface area contributed by atoms with Crippen LogP contribution in [0.4, 0.5) is 0 Å². The molecule has 1 atom stereocenters. The third-order valence-corrected chi connectivity index (χ3v) is 3.55. The van der Waals surface area contributed by atoms with E-state index in [0.29, 0.717) is 17.6 Å². The van der Waals surface area contributed by atoms with Gasteiger partial charge in [-0.05, 0) is 44.0 Å². The molecule has 0 aromatic carbocycles. The summed E-state index contributed by atoms with van der Waals surface area (Å²) in [5.41, 5.74) is 0. The molecule has 1 N–H and O–H groups in total. The molecule has 1 aliphatic heterocycles. The van der Waals surface area contributed by atoms with Crippen LogP contribution in [-0.2, 0) is 4.74 Å². The Morgan fingerprint density at radius 3 is 2.82 bits per heavy atom. The van der Waals surface area contributed by atoms with Crippen molar-refractivity contribution < 1.29 is 13.9 Å². The molecular formula is C13H19NO3. The lowest BCUT2D eigenvalue weighted by molar-refractivity contribution is 0.0561. The Bertz CT molecular complexity index is 380. The summed E-state index contributed by atoms with van der Waals surface area (Å²) in [6, 6.07) is 3.58. The summed E-state index contributed by atoms with van der Waals surface area (Å²) in [7, 11) is 1.36. The van der Waals surface area contributed by atoms with Gasteiger partial charge in [-0.2, -0.15) is 0 Å². The number of carbonyl (C=O) groups is 1. The Morgan fingerprint density at radius 1 is 1.47 bits per heavy atom. The van der Waals surface area contributed by atoms with Crippen molar-refractivity contribution in [1.82, 2.24) is 5.32 Å². The number of piperidine rings is 1. The smallest absolute Gasteiger partial charge is 0.373 e. The van der Waals surface area contributed by atoms with Gasteiger partial charge in [-0.3, -0.25) is 0 Å². The summed E-state index contributed by atoms with van der Waals surface area (Å²) in [5.74, 6) is 1.76. The van der Waals surface area contributed by atoms with Gasteiger partial charge in [0.1, 0.15) is 5.76 Å². The van der Waals surface area contributed by atoms with Crippen molar-refractivity contribution in [2.45, 2.75) is 25.7 Å². The monoisotopic (exact) mass is 237 g/mol.